The van der Waals surface area contributed by atoms with Crippen LogP contribution in [0.2, 0.25) is 0 Å². The van der Waals surface area contributed by atoms with Gasteiger partial charge in [0.25, 0.3) is 5.91 Å². The molecule has 2 aromatic carbocycles. The van der Waals surface area contributed by atoms with Gasteiger partial charge in [0.05, 0.1) is 17.7 Å². The summed E-state index contributed by atoms with van der Waals surface area (Å²) in [7, 11) is 1.61. The third kappa shape index (κ3) is 7.19. The van der Waals surface area contributed by atoms with E-state index in [1.807, 2.05) is 6.92 Å². The zero-order valence-electron chi connectivity index (χ0n) is 17.5. The number of carbonyl (C=O) groups excluding carboxylic acids is 2. The molecule has 9 heteroatoms. The number of rotatable bonds is 10. The monoisotopic (exact) mass is 448 g/mol. The highest BCUT2D eigenvalue weighted by Crippen LogP contribution is 2.34. The fraction of sp³-hybridized carbons (Fsp3) is 0.217. The van der Waals surface area contributed by atoms with Crippen molar-refractivity contribution in [3.05, 3.63) is 77.6 Å². The first-order valence-corrected chi connectivity index (χ1v) is 9.71. The minimum atomic E-state index is -4.65. The summed E-state index contributed by atoms with van der Waals surface area (Å²) in [4.78, 5) is 23.6. The number of hydrogen-bond donors (Lipinski definition) is 2. The molecule has 0 atom stereocenters. The van der Waals surface area contributed by atoms with Crippen LogP contribution in [0.3, 0.4) is 0 Å². The molecule has 0 radical (unpaired) electrons. The highest BCUT2D eigenvalue weighted by molar-refractivity contribution is 5.98. The Morgan fingerprint density at radius 2 is 1.78 bits per heavy atom. The SMILES string of the molecule is CCCOc1ccc(Oc2ccc(C(F)(F)F)cc2C(=O)NC(/C=C\NC)=C/C=O)cc1. The predicted octanol–water partition coefficient (Wildman–Crippen LogP) is 4.83. The molecule has 1 amide bonds. The summed E-state index contributed by atoms with van der Waals surface area (Å²) in [6.45, 7) is 2.51. The van der Waals surface area contributed by atoms with Crippen LogP contribution >= 0.6 is 0 Å². The molecule has 0 spiro atoms. The van der Waals surface area contributed by atoms with E-state index in [0.29, 0.717) is 30.5 Å². The third-order valence-electron chi connectivity index (χ3n) is 4.01. The van der Waals surface area contributed by atoms with Crippen molar-refractivity contribution in [3.63, 3.8) is 0 Å². The van der Waals surface area contributed by atoms with E-state index in [2.05, 4.69) is 10.6 Å². The molecule has 0 bridgehead atoms. The van der Waals surface area contributed by atoms with Gasteiger partial charge >= 0.3 is 6.18 Å². The Morgan fingerprint density at radius 3 is 2.38 bits per heavy atom. The first-order valence-electron chi connectivity index (χ1n) is 9.71. The lowest BCUT2D eigenvalue weighted by molar-refractivity contribution is -0.137. The molecule has 2 N–H and O–H groups in total. The highest BCUT2D eigenvalue weighted by atomic mass is 19.4. The number of hydrogen-bond acceptors (Lipinski definition) is 5. The van der Waals surface area contributed by atoms with E-state index in [9.17, 15) is 22.8 Å². The van der Waals surface area contributed by atoms with Crippen LogP contribution in [-0.4, -0.2) is 25.8 Å². The Morgan fingerprint density at radius 1 is 1.09 bits per heavy atom. The van der Waals surface area contributed by atoms with Gasteiger partial charge in [0.15, 0.2) is 0 Å². The van der Waals surface area contributed by atoms with Crippen molar-refractivity contribution in [3.8, 4) is 17.2 Å². The second-order valence-corrected chi connectivity index (χ2v) is 6.46. The quantitative estimate of drug-likeness (QED) is 0.309. The van der Waals surface area contributed by atoms with Gasteiger partial charge in [-0.05, 0) is 61.2 Å². The molecule has 0 saturated carbocycles. The predicted molar refractivity (Wildman–Crippen MR) is 114 cm³/mol. The van der Waals surface area contributed by atoms with Crippen molar-refractivity contribution in [2.45, 2.75) is 19.5 Å². The molecule has 0 heterocycles. The van der Waals surface area contributed by atoms with Crippen molar-refractivity contribution in [1.29, 1.82) is 0 Å². The molecule has 0 saturated heterocycles. The lowest BCUT2D eigenvalue weighted by Gasteiger charge is -2.15. The number of allylic oxidation sites excluding steroid dienone is 2. The van der Waals surface area contributed by atoms with Crippen LogP contribution in [0.1, 0.15) is 29.3 Å². The van der Waals surface area contributed by atoms with Gasteiger partial charge in [-0.3, -0.25) is 9.59 Å². The van der Waals surface area contributed by atoms with Gasteiger partial charge in [-0.1, -0.05) is 6.92 Å². The van der Waals surface area contributed by atoms with Crippen LogP contribution in [0, 0.1) is 0 Å². The molecular formula is C23H23F3N2O4. The fourth-order valence-electron chi connectivity index (χ4n) is 2.51. The van der Waals surface area contributed by atoms with E-state index in [4.69, 9.17) is 9.47 Å². The second kappa shape index (κ2) is 11.6. The van der Waals surface area contributed by atoms with E-state index >= 15 is 0 Å². The van der Waals surface area contributed by atoms with Crippen LogP contribution in [0.15, 0.2) is 66.5 Å². The van der Waals surface area contributed by atoms with Crippen molar-refractivity contribution < 1.29 is 32.2 Å². The Balaban J connectivity index is 2.36. The Kier molecular flexibility index (Phi) is 8.88. The minimum Gasteiger partial charge on any atom is -0.494 e. The Hall–Kier alpha value is -3.75. The largest absolute Gasteiger partial charge is 0.494 e. The standard InChI is InChI=1S/C23H23F3N2O4/c1-3-14-31-18-5-7-19(8-6-18)32-21-9-4-16(23(24,25)26)15-20(21)22(30)28-17(11-13-29)10-12-27-2/h4-13,15,27H,3,14H2,1-2H3,(H,28,30)/b12-10-,17-11+. The molecule has 2 aromatic rings. The van der Waals surface area contributed by atoms with E-state index in [1.54, 1.807) is 31.3 Å². The van der Waals surface area contributed by atoms with Crippen LogP contribution in [0.5, 0.6) is 17.2 Å². The van der Waals surface area contributed by atoms with Gasteiger partial charge in [-0.25, -0.2) is 0 Å². The normalized spacial score (nSPS) is 11.8. The van der Waals surface area contributed by atoms with Crippen molar-refractivity contribution in [2.24, 2.45) is 0 Å². The summed E-state index contributed by atoms with van der Waals surface area (Å²) in [5, 5.41) is 5.09. The number of nitrogens with one attached hydrogen (secondary N) is 2. The Labute approximate surface area is 183 Å². The molecule has 0 aromatic heterocycles. The molecule has 0 aliphatic rings. The zero-order chi connectivity index (χ0) is 23.6. The average Bonchev–Trinajstić information content (AvgIpc) is 2.76. The summed E-state index contributed by atoms with van der Waals surface area (Å²) >= 11 is 0. The summed E-state index contributed by atoms with van der Waals surface area (Å²) in [5.74, 6) is -0.0328. The molecule has 32 heavy (non-hydrogen) atoms. The first kappa shape index (κ1) is 24.5. The topological polar surface area (TPSA) is 76.7 Å². The van der Waals surface area contributed by atoms with Gasteiger partial charge in [-0.2, -0.15) is 13.2 Å². The van der Waals surface area contributed by atoms with Gasteiger partial charge < -0.3 is 20.1 Å². The number of halogens is 3. The fourth-order valence-corrected chi connectivity index (χ4v) is 2.51. The van der Waals surface area contributed by atoms with Crippen LogP contribution in [0.25, 0.3) is 0 Å². The van der Waals surface area contributed by atoms with Crippen molar-refractivity contribution in [1.82, 2.24) is 10.6 Å². The van der Waals surface area contributed by atoms with E-state index in [0.717, 1.165) is 24.6 Å². The molecule has 170 valence electrons. The van der Waals surface area contributed by atoms with E-state index < -0.39 is 17.6 Å². The molecule has 0 aliphatic carbocycles. The van der Waals surface area contributed by atoms with Crippen molar-refractivity contribution >= 4 is 12.2 Å². The van der Waals surface area contributed by atoms with E-state index in [-0.39, 0.29) is 17.0 Å². The average molecular weight is 448 g/mol. The molecule has 6 nitrogen and oxygen atoms in total. The molecular weight excluding hydrogens is 425 g/mol. The number of benzene rings is 2. The smallest absolute Gasteiger partial charge is 0.416 e. The number of amides is 1. The highest BCUT2D eigenvalue weighted by Gasteiger charge is 2.32. The minimum absolute atomic E-state index is 0.0826. The van der Waals surface area contributed by atoms with Crippen LogP contribution < -0.4 is 20.1 Å². The summed E-state index contributed by atoms with van der Waals surface area (Å²) in [5.41, 5.74) is -1.27. The molecule has 0 fully saturated rings. The first-order chi connectivity index (χ1) is 15.3. The summed E-state index contributed by atoms with van der Waals surface area (Å²) in [6.07, 6.45) is 0.526. The van der Waals surface area contributed by atoms with Gasteiger partial charge in [0, 0.05) is 18.8 Å². The maximum atomic E-state index is 13.2. The second-order valence-electron chi connectivity index (χ2n) is 6.46. The molecule has 0 unspecified atom stereocenters. The maximum absolute atomic E-state index is 13.2. The molecule has 2 rings (SSSR count). The van der Waals surface area contributed by atoms with Gasteiger partial charge in [0.1, 0.15) is 23.5 Å². The number of ether oxygens (including phenoxy) is 2. The lowest BCUT2D eigenvalue weighted by Crippen LogP contribution is -2.23. The van der Waals surface area contributed by atoms with Gasteiger partial charge in [0.2, 0.25) is 0 Å². The molecule has 0 aliphatic heterocycles. The van der Waals surface area contributed by atoms with Crippen LogP contribution in [0.4, 0.5) is 13.2 Å². The Bertz CT molecular complexity index is 984. The van der Waals surface area contributed by atoms with Gasteiger partial charge in [-0.15, -0.1) is 0 Å². The lowest BCUT2D eigenvalue weighted by atomic mass is 10.1. The van der Waals surface area contributed by atoms with Crippen molar-refractivity contribution in [2.75, 3.05) is 13.7 Å². The maximum Gasteiger partial charge on any atom is 0.416 e. The van der Waals surface area contributed by atoms with E-state index in [1.165, 1.54) is 12.3 Å². The summed E-state index contributed by atoms with van der Waals surface area (Å²) < 4.78 is 50.8. The number of aldehydes is 1. The number of alkyl halides is 3. The summed E-state index contributed by atoms with van der Waals surface area (Å²) in [6, 6.07) is 9.07. The van der Waals surface area contributed by atoms with Crippen LogP contribution in [-0.2, 0) is 11.0 Å². The number of carbonyl (C=O) groups is 2. The third-order valence-corrected chi connectivity index (χ3v) is 4.01. The zero-order valence-corrected chi connectivity index (χ0v) is 17.5.